The van der Waals surface area contributed by atoms with Crippen LogP contribution >= 0.6 is 12.6 Å². The molecule has 4 heteroatoms. The number of aromatic nitrogens is 1. The zero-order valence-electron chi connectivity index (χ0n) is 9.65. The summed E-state index contributed by atoms with van der Waals surface area (Å²) in [5.74, 6) is 0.0439. The van der Waals surface area contributed by atoms with Gasteiger partial charge in [-0.25, -0.2) is 0 Å². The van der Waals surface area contributed by atoms with Gasteiger partial charge in [-0.2, -0.15) is 0 Å². The molecule has 0 N–H and O–H groups in total. The fraction of sp³-hybridized carbons (Fsp3) is 0.143. The van der Waals surface area contributed by atoms with Crippen molar-refractivity contribution in [1.29, 1.82) is 0 Å². The van der Waals surface area contributed by atoms with Crippen LogP contribution in [0.15, 0.2) is 48.8 Å². The molecule has 1 unspecified atom stereocenters. The molecular weight excluding hydrogens is 244 g/mol. The Labute approximate surface area is 111 Å². The lowest BCUT2D eigenvalue weighted by Gasteiger charge is -2.23. The number of carbonyl (C=O) groups is 1. The van der Waals surface area contributed by atoms with E-state index in [2.05, 4.69) is 17.6 Å². The molecule has 0 saturated carbocycles. The van der Waals surface area contributed by atoms with Crippen LogP contribution in [-0.4, -0.2) is 15.8 Å². The van der Waals surface area contributed by atoms with Gasteiger partial charge in [0.15, 0.2) is 0 Å². The van der Waals surface area contributed by atoms with Gasteiger partial charge in [0.05, 0.1) is 0 Å². The molecule has 1 atom stereocenters. The van der Waals surface area contributed by atoms with E-state index in [-0.39, 0.29) is 11.3 Å². The first-order chi connectivity index (χ1) is 8.77. The molecule has 1 aromatic carbocycles. The molecule has 3 nitrogen and oxygen atoms in total. The summed E-state index contributed by atoms with van der Waals surface area (Å²) in [6.07, 6.45) is 3.43. The highest BCUT2D eigenvalue weighted by molar-refractivity contribution is 7.80. The number of rotatable bonds is 2. The number of amides is 1. The Bertz CT molecular complexity index is 585. The monoisotopic (exact) mass is 256 g/mol. The molecule has 0 aliphatic carbocycles. The van der Waals surface area contributed by atoms with E-state index in [4.69, 9.17) is 0 Å². The fourth-order valence-electron chi connectivity index (χ4n) is 2.19. The highest BCUT2D eigenvalue weighted by atomic mass is 32.1. The minimum Gasteiger partial charge on any atom is -0.318 e. The Morgan fingerprint density at radius 3 is 2.61 bits per heavy atom. The third-order valence-corrected chi connectivity index (χ3v) is 3.73. The van der Waals surface area contributed by atoms with E-state index in [0.717, 1.165) is 16.7 Å². The fourth-order valence-corrected chi connectivity index (χ4v) is 2.55. The summed E-state index contributed by atoms with van der Waals surface area (Å²) < 4.78 is 0. The van der Waals surface area contributed by atoms with E-state index in [1.165, 1.54) is 0 Å². The van der Waals surface area contributed by atoms with Crippen molar-refractivity contribution in [1.82, 2.24) is 9.88 Å². The molecule has 18 heavy (non-hydrogen) atoms. The number of hydrogen-bond donors (Lipinski definition) is 1. The van der Waals surface area contributed by atoms with E-state index in [0.29, 0.717) is 6.54 Å². The van der Waals surface area contributed by atoms with Crippen LogP contribution in [0, 0.1) is 0 Å². The molecule has 3 rings (SSSR count). The largest absolute Gasteiger partial charge is 0.318 e. The minimum absolute atomic E-state index is 0.0439. The molecule has 0 bridgehead atoms. The molecular formula is C14H12N2OS. The van der Waals surface area contributed by atoms with Crippen molar-refractivity contribution in [3.8, 4) is 0 Å². The lowest BCUT2D eigenvalue weighted by atomic mass is 10.1. The van der Waals surface area contributed by atoms with Crippen molar-refractivity contribution in [3.63, 3.8) is 0 Å². The molecule has 1 aliphatic heterocycles. The van der Waals surface area contributed by atoms with Gasteiger partial charge in [0.1, 0.15) is 5.37 Å². The van der Waals surface area contributed by atoms with Gasteiger partial charge in [0.2, 0.25) is 0 Å². The maximum absolute atomic E-state index is 12.3. The van der Waals surface area contributed by atoms with Gasteiger partial charge >= 0.3 is 0 Å². The number of fused-ring (bicyclic) bond motifs is 1. The van der Waals surface area contributed by atoms with Gasteiger partial charge in [0, 0.05) is 24.5 Å². The molecule has 2 aromatic rings. The van der Waals surface area contributed by atoms with Crippen LogP contribution in [0.4, 0.5) is 0 Å². The lowest BCUT2D eigenvalue weighted by molar-refractivity contribution is 0.0762. The van der Waals surface area contributed by atoms with Crippen molar-refractivity contribution >= 4 is 18.5 Å². The Morgan fingerprint density at radius 1 is 1.17 bits per heavy atom. The molecule has 0 spiro atoms. The minimum atomic E-state index is -0.229. The first-order valence-electron chi connectivity index (χ1n) is 5.74. The highest BCUT2D eigenvalue weighted by Gasteiger charge is 2.31. The van der Waals surface area contributed by atoms with Crippen LogP contribution in [0.25, 0.3) is 0 Å². The number of pyridine rings is 1. The molecule has 1 aliphatic rings. The second-order valence-electron chi connectivity index (χ2n) is 4.24. The predicted molar refractivity (Wildman–Crippen MR) is 72.3 cm³/mol. The van der Waals surface area contributed by atoms with Crippen molar-refractivity contribution in [2.24, 2.45) is 0 Å². The normalized spacial score (nSPS) is 15.6. The average molecular weight is 256 g/mol. The third kappa shape index (κ3) is 1.78. The van der Waals surface area contributed by atoms with E-state index < -0.39 is 0 Å². The summed E-state index contributed by atoms with van der Waals surface area (Å²) in [5, 5.41) is -0.229. The van der Waals surface area contributed by atoms with E-state index in [1.54, 1.807) is 17.3 Å². The maximum atomic E-state index is 12.3. The van der Waals surface area contributed by atoms with Gasteiger partial charge < -0.3 is 4.90 Å². The second kappa shape index (κ2) is 4.46. The van der Waals surface area contributed by atoms with Crippen LogP contribution < -0.4 is 0 Å². The van der Waals surface area contributed by atoms with Gasteiger partial charge in [-0.15, -0.1) is 12.6 Å². The first-order valence-corrected chi connectivity index (χ1v) is 6.26. The smallest absolute Gasteiger partial charge is 0.255 e. The third-order valence-electron chi connectivity index (χ3n) is 3.15. The molecule has 1 amide bonds. The van der Waals surface area contributed by atoms with Gasteiger partial charge in [-0.1, -0.05) is 18.2 Å². The number of nitrogens with zero attached hydrogens (tertiary/aromatic N) is 2. The Morgan fingerprint density at radius 2 is 1.89 bits per heavy atom. The number of carbonyl (C=O) groups excluding carboxylic acids is 1. The van der Waals surface area contributed by atoms with Gasteiger partial charge in [-0.3, -0.25) is 9.78 Å². The Kier molecular flexibility index (Phi) is 2.80. The van der Waals surface area contributed by atoms with E-state index in [9.17, 15) is 4.79 Å². The van der Waals surface area contributed by atoms with Crippen molar-refractivity contribution in [2.75, 3.05) is 0 Å². The van der Waals surface area contributed by atoms with Crippen molar-refractivity contribution in [3.05, 3.63) is 65.5 Å². The van der Waals surface area contributed by atoms with Crippen LogP contribution in [0.2, 0.25) is 0 Å². The molecule has 90 valence electrons. The zero-order chi connectivity index (χ0) is 12.5. The maximum Gasteiger partial charge on any atom is 0.255 e. The summed E-state index contributed by atoms with van der Waals surface area (Å²) in [7, 11) is 0. The molecule has 0 fully saturated rings. The molecule has 1 aromatic heterocycles. The highest BCUT2D eigenvalue weighted by Crippen LogP contribution is 2.32. The molecule has 0 saturated heterocycles. The summed E-state index contributed by atoms with van der Waals surface area (Å²) in [6, 6.07) is 11.5. The lowest BCUT2D eigenvalue weighted by Crippen LogP contribution is -2.25. The Hall–Kier alpha value is -1.81. The average Bonchev–Trinajstić information content (AvgIpc) is 2.77. The van der Waals surface area contributed by atoms with Crippen LogP contribution in [0.1, 0.15) is 26.9 Å². The molecule has 0 radical (unpaired) electrons. The van der Waals surface area contributed by atoms with E-state index in [1.807, 2.05) is 36.4 Å². The SMILES string of the molecule is O=C1c2ccccc2CN1C(S)c1ccncc1. The predicted octanol–water partition coefficient (Wildman–Crippen LogP) is 2.67. The van der Waals surface area contributed by atoms with Crippen LogP contribution in [0.5, 0.6) is 0 Å². The number of hydrogen-bond acceptors (Lipinski definition) is 3. The zero-order valence-corrected chi connectivity index (χ0v) is 10.5. The van der Waals surface area contributed by atoms with Gasteiger partial charge in [0.25, 0.3) is 5.91 Å². The van der Waals surface area contributed by atoms with Crippen molar-refractivity contribution < 1.29 is 4.79 Å². The Balaban J connectivity index is 1.91. The first kappa shape index (κ1) is 11.3. The topological polar surface area (TPSA) is 33.2 Å². The number of benzene rings is 1. The summed E-state index contributed by atoms with van der Waals surface area (Å²) in [5.41, 5.74) is 2.83. The van der Waals surface area contributed by atoms with Crippen LogP contribution in [0.3, 0.4) is 0 Å². The standard InChI is InChI=1S/C14H12N2OS/c17-13-12-4-2-1-3-11(12)9-16(13)14(18)10-5-7-15-8-6-10/h1-8,14,18H,9H2. The molecule has 2 heterocycles. The number of thiol groups is 1. The second-order valence-corrected chi connectivity index (χ2v) is 4.73. The van der Waals surface area contributed by atoms with Gasteiger partial charge in [-0.05, 0) is 29.3 Å². The summed E-state index contributed by atoms with van der Waals surface area (Å²) in [6.45, 7) is 0.617. The van der Waals surface area contributed by atoms with Crippen molar-refractivity contribution in [2.45, 2.75) is 11.9 Å². The van der Waals surface area contributed by atoms with E-state index >= 15 is 0 Å². The quantitative estimate of drug-likeness (QED) is 0.838. The summed E-state index contributed by atoms with van der Waals surface area (Å²) in [4.78, 5) is 18.0. The van der Waals surface area contributed by atoms with Crippen LogP contribution in [-0.2, 0) is 6.54 Å². The summed E-state index contributed by atoms with van der Waals surface area (Å²) >= 11 is 4.56.